The third kappa shape index (κ3) is 3.69. The lowest BCUT2D eigenvalue weighted by Crippen LogP contribution is -2.44. The largest absolute Gasteiger partial charge is 0.367 e. The van der Waals surface area contributed by atoms with Crippen LogP contribution in [0.2, 0.25) is 0 Å². The number of nitro benzene ring substituents is 1. The summed E-state index contributed by atoms with van der Waals surface area (Å²) in [5, 5.41) is 13.7. The number of nitro groups is 1. The second-order valence-corrected chi connectivity index (χ2v) is 5.15. The van der Waals surface area contributed by atoms with Gasteiger partial charge in [-0.15, -0.1) is 0 Å². The standard InChI is InChI=1S/C14H20N4O3/c1-3-14(19)15-12-10-11(18(20)21)4-5-13(12)17-8-6-16(2)7-9-17/h4-5,10H,3,6-9H2,1-2H3,(H,15,19). The molecule has 1 fully saturated rings. The number of carbonyl (C=O) groups is 1. The van der Waals surface area contributed by atoms with Crippen LogP contribution in [0.5, 0.6) is 0 Å². The van der Waals surface area contributed by atoms with Crippen LogP contribution in [0.3, 0.4) is 0 Å². The summed E-state index contributed by atoms with van der Waals surface area (Å²) in [5.74, 6) is -0.147. The van der Waals surface area contributed by atoms with Crippen molar-refractivity contribution in [3.8, 4) is 0 Å². The monoisotopic (exact) mass is 292 g/mol. The highest BCUT2D eigenvalue weighted by Crippen LogP contribution is 2.31. The number of benzene rings is 1. The van der Waals surface area contributed by atoms with Crippen LogP contribution >= 0.6 is 0 Å². The number of nitrogens with one attached hydrogen (secondary N) is 1. The first kappa shape index (κ1) is 15.2. The topological polar surface area (TPSA) is 78.7 Å². The molecule has 1 saturated heterocycles. The van der Waals surface area contributed by atoms with Crippen molar-refractivity contribution < 1.29 is 9.72 Å². The maximum absolute atomic E-state index is 11.6. The fourth-order valence-electron chi connectivity index (χ4n) is 2.30. The Morgan fingerprint density at radius 2 is 2.00 bits per heavy atom. The molecule has 7 heteroatoms. The minimum Gasteiger partial charge on any atom is -0.367 e. The van der Waals surface area contributed by atoms with Crippen molar-refractivity contribution in [2.75, 3.05) is 43.4 Å². The van der Waals surface area contributed by atoms with Crippen LogP contribution in [0, 0.1) is 10.1 Å². The van der Waals surface area contributed by atoms with Gasteiger partial charge < -0.3 is 15.1 Å². The van der Waals surface area contributed by atoms with Gasteiger partial charge in [-0.1, -0.05) is 6.92 Å². The molecule has 1 aliphatic rings. The van der Waals surface area contributed by atoms with Gasteiger partial charge in [0.1, 0.15) is 0 Å². The van der Waals surface area contributed by atoms with Gasteiger partial charge in [-0.25, -0.2) is 0 Å². The fraction of sp³-hybridized carbons (Fsp3) is 0.500. The summed E-state index contributed by atoms with van der Waals surface area (Å²) in [4.78, 5) is 26.5. The summed E-state index contributed by atoms with van der Waals surface area (Å²) in [6.07, 6.45) is 0.338. The number of hydrogen-bond acceptors (Lipinski definition) is 5. The molecule has 0 atom stereocenters. The quantitative estimate of drug-likeness (QED) is 0.675. The Balaban J connectivity index is 2.30. The highest BCUT2D eigenvalue weighted by atomic mass is 16.6. The van der Waals surface area contributed by atoms with E-state index in [-0.39, 0.29) is 11.6 Å². The zero-order chi connectivity index (χ0) is 15.4. The van der Waals surface area contributed by atoms with Crippen molar-refractivity contribution >= 4 is 23.0 Å². The van der Waals surface area contributed by atoms with E-state index in [0.29, 0.717) is 12.1 Å². The summed E-state index contributed by atoms with van der Waals surface area (Å²) < 4.78 is 0. The summed E-state index contributed by atoms with van der Waals surface area (Å²) >= 11 is 0. The average molecular weight is 292 g/mol. The molecule has 1 N–H and O–H groups in total. The summed E-state index contributed by atoms with van der Waals surface area (Å²) in [6.45, 7) is 5.28. The smallest absolute Gasteiger partial charge is 0.271 e. The highest BCUT2D eigenvalue weighted by Gasteiger charge is 2.20. The van der Waals surface area contributed by atoms with Gasteiger partial charge in [0.2, 0.25) is 5.91 Å². The summed E-state index contributed by atoms with van der Waals surface area (Å²) in [7, 11) is 2.06. The molecule has 0 aliphatic carbocycles. The van der Waals surface area contributed by atoms with Crippen molar-refractivity contribution in [3.05, 3.63) is 28.3 Å². The normalized spacial score (nSPS) is 15.8. The zero-order valence-corrected chi connectivity index (χ0v) is 12.3. The van der Waals surface area contributed by atoms with E-state index in [0.717, 1.165) is 31.9 Å². The summed E-state index contributed by atoms with van der Waals surface area (Å²) in [5.41, 5.74) is 1.34. The van der Waals surface area contributed by atoms with Crippen molar-refractivity contribution in [1.82, 2.24) is 4.90 Å². The lowest BCUT2D eigenvalue weighted by atomic mass is 10.2. The predicted molar refractivity (Wildman–Crippen MR) is 81.7 cm³/mol. The number of anilines is 2. The lowest BCUT2D eigenvalue weighted by molar-refractivity contribution is -0.384. The van der Waals surface area contributed by atoms with E-state index >= 15 is 0 Å². The molecular formula is C14H20N4O3. The number of nitrogens with zero attached hydrogens (tertiary/aromatic N) is 3. The number of carbonyl (C=O) groups excluding carboxylic acids is 1. The molecule has 0 saturated carbocycles. The average Bonchev–Trinajstić information content (AvgIpc) is 2.48. The SMILES string of the molecule is CCC(=O)Nc1cc([N+](=O)[O-])ccc1N1CCN(C)CC1. The van der Waals surface area contributed by atoms with Gasteiger partial charge >= 0.3 is 0 Å². The number of likely N-dealkylation sites (N-methyl/N-ethyl adjacent to an activating group) is 1. The summed E-state index contributed by atoms with van der Waals surface area (Å²) in [6, 6.07) is 4.63. The Hall–Kier alpha value is -2.15. The first-order valence-corrected chi connectivity index (χ1v) is 7.03. The molecule has 114 valence electrons. The van der Waals surface area contributed by atoms with Gasteiger partial charge in [0.05, 0.1) is 16.3 Å². The Labute approximate surface area is 123 Å². The predicted octanol–water partition coefficient (Wildman–Crippen LogP) is 1.70. The minimum atomic E-state index is -0.449. The van der Waals surface area contributed by atoms with Crippen LogP contribution in [-0.2, 0) is 4.79 Å². The van der Waals surface area contributed by atoms with Crippen LogP contribution in [0.4, 0.5) is 17.1 Å². The second kappa shape index (κ2) is 6.53. The molecule has 1 heterocycles. The fourth-order valence-corrected chi connectivity index (χ4v) is 2.30. The van der Waals surface area contributed by atoms with E-state index < -0.39 is 4.92 Å². The van der Waals surface area contributed by atoms with E-state index in [9.17, 15) is 14.9 Å². The Morgan fingerprint density at radius 1 is 1.33 bits per heavy atom. The third-order valence-electron chi connectivity index (χ3n) is 3.63. The molecule has 0 aromatic heterocycles. The van der Waals surface area contributed by atoms with E-state index in [1.54, 1.807) is 13.0 Å². The number of hydrogen-bond donors (Lipinski definition) is 1. The zero-order valence-electron chi connectivity index (χ0n) is 12.3. The molecule has 0 radical (unpaired) electrons. The maximum Gasteiger partial charge on any atom is 0.271 e. The molecule has 1 aliphatic heterocycles. The van der Waals surface area contributed by atoms with Crippen LogP contribution in [0.1, 0.15) is 13.3 Å². The highest BCUT2D eigenvalue weighted by molar-refractivity contribution is 5.94. The molecule has 0 spiro atoms. The van der Waals surface area contributed by atoms with Gasteiger partial charge in [0.15, 0.2) is 0 Å². The van der Waals surface area contributed by atoms with E-state index in [1.807, 2.05) is 0 Å². The molecule has 2 rings (SSSR count). The number of non-ortho nitro benzene ring substituents is 1. The van der Waals surface area contributed by atoms with Crippen molar-refractivity contribution in [2.24, 2.45) is 0 Å². The minimum absolute atomic E-state index is 0.0146. The van der Waals surface area contributed by atoms with Gasteiger partial charge in [-0.05, 0) is 13.1 Å². The third-order valence-corrected chi connectivity index (χ3v) is 3.63. The first-order valence-electron chi connectivity index (χ1n) is 7.03. The number of rotatable bonds is 4. The van der Waals surface area contributed by atoms with Crippen molar-refractivity contribution in [1.29, 1.82) is 0 Å². The maximum atomic E-state index is 11.6. The first-order chi connectivity index (χ1) is 10.0. The van der Waals surface area contributed by atoms with Gasteiger partial charge in [0.25, 0.3) is 5.69 Å². The molecule has 7 nitrogen and oxygen atoms in total. The van der Waals surface area contributed by atoms with E-state index in [1.165, 1.54) is 12.1 Å². The molecule has 0 bridgehead atoms. The second-order valence-electron chi connectivity index (χ2n) is 5.15. The van der Waals surface area contributed by atoms with Crippen molar-refractivity contribution in [2.45, 2.75) is 13.3 Å². The van der Waals surface area contributed by atoms with Gasteiger partial charge in [-0.3, -0.25) is 14.9 Å². The molecule has 0 unspecified atom stereocenters. The Kier molecular flexibility index (Phi) is 4.74. The van der Waals surface area contributed by atoms with Crippen LogP contribution in [-0.4, -0.2) is 49.0 Å². The molecule has 1 aromatic rings. The van der Waals surface area contributed by atoms with Crippen LogP contribution in [0.15, 0.2) is 18.2 Å². The Morgan fingerprint density at radius 3 is 2.57 bits per heavy atom. The molecule has 1 aromatic carbocycles. The van der Waals surface area contributed by atoms with Crippen molar-refractivity contribution in [3.63, 3.8) is 0 Å². The lowest BCUT2D eigenvalue weighted by Gasteiger charge is -2.35. The number of amides is 1. The van der Waals surface area contributed by atoms with Crippen LogP contribution < -0.4 is 10.2 Å². The van der Waals surface area contributed by atoms with Gasteiger partial charge in [0, 0.05) is 44.7 Å². The number of piperazine rings is 1. The van der Waals surface area contributed by atoms with Crippen LogP contribution in [0.25, 0.3) is 0 Å². The molecule has 1 amide bonds. The van der Waals surface area contributed by atoms with E-state index in [2.05, 4.69) is 22.2 Å². The molecular weight excluding hydrogens is 272 g/mol. The van der Waals surface area contributed by atoms with Gasteiger partial charge in [-0.2, -0.15) is 0 Å². The van der Waals surface area contributed by atoms with E-state index in [4.69, 9.17) is 0 Å². The molecule has 21 heavy (non-hydrogen) atoms. The Bertz CT molecular complexity index is 539.